The van der Waals surface area contributed by atoms with Crippen LogP contribution in [-0.2, 0) is 32.5 Å². The Morgan fingerprint density at radius 2 is 0.852 bits per heavy atom. The molecule has 0 atom stereocenters. The van der Waals surface area contributed by atoms with Crippen molar-refractivity contribution in [2.24, 2.45) is 0 Å². The third kappa shape index (κ3) is 8.92. The van der Waals surface area contributed by atoms with Crippen molar-refractivity contribution in [3.05, 3.63) is 58.7 Å². The molecule has 2 N–H and O–H groups in total. The van der Waals surface area contributed by atoms with Gasteiger partial charge in [-0.15, -0.1) is 0 Å². The number of rotatable bonds is 0. The summed E-state index contributed by atoms with van der Waals surface area (Å²) in [6, 6.07) is 11.8. The average Bonchev–Trinajstić information content (AvgIpc) is 2.43. The van der Waals surface area contributed by atoms with Crippen LogP contribution < -0.4 is 24.8 Å². The molecular weight excluding hydrogens is 415 g/mol. The normalized spacial score (nSPS) is 10.4. The molecule has 0 radical (unpaired) electrons. The Morgan fingerprint density at radius 1 is 0.593 bits per heavy atom. The number of hydrogen-bond donors (Lipinski definition) is 2. The van der Waals surface area contributed by atoms with Crippen LogP contribution in [-0.4, -0.2) is 10.2 Å². The number of halogens is 2. The molecule has 150 valence electrons. The van der Waals surface area contributed by atoms with Crippen molar-refractivity contribution in [3.8, 4) is 11.5 Å². The molecule has 0 fully saturated rings. The predicted molar refractivity (Wildman–Crippen MR) is 103 cm³/mol. The molecule has 2 nitrogen and oxygen atoms in total. The Bertz CT molecular complexity index is 641. The summed E-state index contributed by atoms with van der Waals surface area (Å²) in [5, 5.41) is 19.5. The number of phenolic OH excluding ortho intramolecular Hbond substituents is 2. The van der Waals surface area contributed by atoms with Crippen molar-refractivity contribution in [1.82, 2.24) is 0 Å². The Morgan fingerprint density at radius 3 is 1.04 bits per heavy atom. The fourth-order valence-corrected chi connectivity index (χ4v) is 2.53. The van der Waals surface area contributed by atoms with Crippen LogP contribution in [0, 0.1) is 13.8 Å². The first-order valence-corrected chi connectivity index (χ1v) is 8.44. The smallest absolute Gasteiger partial charge is 1.00 e. The summed E-state index contributed by atoms with van der Waals surface area (Å²) in [7, 11) is 0. The third-order valence-corrected chi connectivity index (χ3v) is 4.09. The molecule has 2 aromatic rings. The van der Waals surface area contributed by atoms with Crippen molar-refractivity contribution in [1.29, 1.82) is 0 Å². The van der Waals surface area contributed by atoms with Gasteiger partial charge in [0, 0.05) is 0 Å². The first-order valence-electron chi connectivity index (χ1n) is 8.44. The van der Waals surface area contributed by atoms with Gasteiger partial charge in [0.05, 0.1) is 0 Å². The summed E-state index contributed by atoms with van der Waals surface area (Å²) >= 11 is 0. The zero-order valence-electron chi connectivity index (χ0n) is 17.6. The van der Waals surface area contributed by atoms with E-state index < -0.39 is 0 Å². The Kier molecular flexibility index (Phi) is 13.8. The Hall–Kier alpha value is -0.666. The molecule has 0 heterocycles. The van der Waals surface area contributed by atoms with Crippen molar-refractivity contribution in [2.75, 3.05) is 0 Å². The second kappa shape index (κ2) is 12.0. The molecule has 0 bridgehead atoms. The van der Waals surface area contributed by atoms with Gasteiger partial charge in [-0.3, -0.25) is 0 Å². The summed E-state index contributed by atoms with van der Waals surface area (Å²) < 4.78 is 0. The summed E-state index contributed by atoms with van der Waals surface area (Å²) in [5.41, 5.74) is 3.97. The van der Waals surface area contributed by atoms with Gasteiger partial charge >= 0.3 is 21.7 Å². The molecular formula is C22H32Cl2O2Ti. The number of aromatic hydroxyl groups is 2. The van der Waals surface area contributed by atoms with Crippen LogP contribution in [0.25, 0.3) is 0 Å². The van der Waals surface area contributed by atoms with Crippen molar-refractivity contribution in [2.45, 2.75) is 66.2 Å². The van der Waals surface area contributed by atoms with Gasteiger partial charge in [0.15, 0.2) is 0 Å². The van der Waals surface area contributed by atoms with Crippen molar-refractivity contribution in [3.63, 3.8) is 0 Å². The number of hydrogen-bond acceptors (Lipinski definition) is 2. The van der Waals surface area contributed by atoms with E-state index in [0.717, 1.165) is 22.3 Å². The second-order valence-corrected chi connectivity index (χ2v) is 8.44. The topological polar surface area (TPSA) is 40.5 Å². The Balaban J connectivity index is -0.000000384. The number of phenols is 2. The average molecular weight is 447 g/mol. The molecule has 2 aromatic carbocycles. The van der Waals surface area contributed by atoms with E-state index in [1.807, 2.05) is 50.2 Å². The molecule has 0 aliphatic carbocycles. The zero-order valence-corrected chi connectivity index (χ0v) is 20.7. The second-order valence-electron chi connectivity index (χ2n) is 8.44. The molecule has 0 aromatic heterocycles. The van der Waals surface area contributed by atoms with Crippen LogP contribution in [0.3, 0.4) is 0 Å². The predicted octanol–water partition coefficient (Wildman–Crippen LogP) is 0.00174. The molecule has 0 saturated heterocycles. The van der Waals surface area contributed by atoms with Crippen LogP contribution in [0.4, 0.5) is 0 Å². The molecule has 2 rings (SSSR count). The number of aryl methyl sites for hydroxylation is 2. The molecule has 0 amide bonds. The van der Waals surface area contributed by atoms with E-state index >= 15 is 0 Å². The minimum Gasteiger partial charge on any atom is -1.00 e. The molecule has 0 aliphatic heterocycles. The molecule has 0 unspecified atom stereocenters. The SMILES string of the molecule is Cc1cccc(C(C)(C)C)c1O.Cc1cccc(C(C)(C)C)c1O.[Cl-].[Cl-].[Ti+2]. The summed E-state index contributed by atoms with van der Waals surface area (Å²) in [5.74, 6) is 0.870. The minimum atomic E-state index is 0. The van der Waals surface area contributed by atoms with Gasteiger partial charge in [-0.25, -0.2) is 0 Å². The van der Waals surface area contributed by atoms with Gasteiger partial charge < -0.3 is 35.0 Å². The zero-order chi connectivity index (χ0) is 18.7. The van der Waals surface area contributed by atoms with Gasteiger partial charge in [0.25, 0.3) is 0 Å². The van der Waals surface area contributed by atoms with Gasteiger partial charge in [-0.05, 0) is 46.9 Å². The molecule has 0 saturated carbocycles. The molecule has 0 aliphatic rings. The van der Waals surface area contributed by atoms with Crippen molar-refractivity contribution >= 4 is 0 Å². The maximum Gasteiger partial charge on any atom is 2.00 e. The largest absolute Gasteiger partial charge is 2.00 e. The minimum absolute atomic E-state index is 0. The third-order valence-electron chi connectivity index (χ3n) is 4.09. The summed E-state index contributed by atoms with van der Waals surface area (Å²) in [6.45, 7) is 16.4. The molecule has 0 spiro atoms. The van der Waals surface area contributed by atoms with Crippen LogP contribution in [0.1, 0.15) is 63.8 Å². The quantitative estimate of drug-likeness (QED) is 0.559. The maximum absolute atomic E-state index is 9.73. The van der Waals surface area contributed by atoms with E-state index in [1.165, 1.54) is 0 Å². The van der Waals surface area contributed by atoms with Gasteiger partial charge in [-0.2, -0.15) is 0 Å². The fraction of sp³-hybridized carbons (Fsp3) is 0.455. The van der Waals surface area contributed by atoms with Crippen LogP contribution >= 0.6 is 0 Å². The molecule has 5 heteroatoms. The van der Waals surface area contributed by atoms with E-state index in [4.69, 9.17) is 0 Å². The van der Waals surface area contributed by atoms with Gasteiger partial charge in [0.2, 0.25) is 0 Å². The van der Waals surface area contributed by atoms with E-state index in [9.17, 15) is 10.2 Å². The number of benzene rings is 2. The standard InChI is InChI=1S/2C11H16O.2ClH.Ti/c2*1-8-6-5-7-9(10(8)12)11(2,3)4;;;/h2*5-7,12H,1-4H3;2*1H;/q;;;;+2/p-2. The van der Waals surface area contributed by atoms with Crippen molar-refractivity contribution < 1.29 is 56.7 Å². The summed E-state index contributed by atoms with van der Waals surface area (Å²) in [4.78, 5) is 0. The van der Waals surface area contributed by atoms with Crippen LogP contribution in [0.2, 0.25) is 0 Å². The van der Waals surface area contributed by atoms with Crippen LogP contribution in [0.5, 0.6) is 11.5 Å². The summed E-state index contributed by atoms with van der Waals surface area (Å²) in [6.07, 6.45) is 0. The van der Waals surface area contributed by atoms with Gasteiger partial charge in [-0.1, -0.05) is 77.9 Å². The first kappa shape index (κ1) is 31.0. The van der Waals surface area contributed by atoms with E-state index in [-0.39, 0.29) is 57.4 Å². The van der Waals surface area contributed by atoms with Crippen LogP contribution in [0.15, 0.2) is 36.4 Å². The van der Waals surface area contributed by atoms with E-state index in [0.29, 0.717) is 11.5 Å². The fourth-order valence-electron chi connectivity index (χ4n) is 2.53. The first-order chi connectivity index (χ1) is 10.9. The monoisotopic (exact) mass is 446 g/mol. The van der Waals surface area contributed by atoms with Gasteiger partial charge in [0.1, 0.15) is 11.5 Å². The number of para-hydroxylation sites is 2. The maximum atomic E-state index is 9.73. The Labute approximate surface area is 192 Å². The van der Waals surface area contributed by atoms with E-state index in [1.54, 1.807) is 0 Å². The van der Waals surface area contributed by atoms with E-state index in [2.05, 4.69) is 41.5 Å². The molecule has 27 heavy (non-hydrogen) atoms.